The molecule has 104 valence electrons. The van der Waals surface area contributed by atoms with Gasteiger partial charge >= 0.3 is 0 Å². The first-order valence-corrected chi connectivity index (χ1v) is 6.95. The van der Waals surface area contributed by atoms with Crippen LogP contribution in [0.25, 0.3) is 0 Å². The number of ether oxygens (including phenoxy) is 1. The number of allylic oxidation sites excluding steroid dienone is 3. The molecule has 0 aliphatic heterocycles. The van der Waals surface area contributed by atoms with E-state index in [1.807, 2.05) is 13.0 Å². The van der Waals surface area contributed by atoms with Crippen molar-refractivity contribution >= 4 is 0 Å². The minimum absolute atomic E-state index is 0.400. The molecule has 0 saturated carbocycles. The summed E-state index contributed by atoms with van der Waals surface area (Å²) in [6.45, 7) is 8.49. The van der Waals surface area contributed by atoms with Gasteiger partial charge in [-0.2, -0.15) is 0 Å². The molecule has 1 aliphatic rings. The van der Waals surface area contributed by atoms with Crippen LogP contribution in [0.5, 0.6) is 0 Å². The second kappa shape index (κ2) is 6.53. The van der Waals surface area contributed by atoms with Gasteiger partial charge in [0.05, 0.1) is 6.10 Å². The fourth-order valence-electron chi connectivity index (χ4n) is 2.47. The Balaban J connectivity index is 2.54. The van der Waals surface area contributed by atoms with Gasteiger partial charge in [0.1, 0.15) is 5.60 Å². The van der Waals surface area contributed by atoms with Gasteiger partial charge in [0.15, 0.2) is 0 Å². The largest absolute Gasteiger partial charge is 0.390 e. The molecule has 0 saturated heterocycles. The first kappa shape index (κ1) is 15.5. The van der Waals surface area contributed by atoms with E-state index in [2.05, 4.69) is 32.9 Å². The lowest BCUT2D eigenvalue weighted by Crippen LogP contribution is -2.43. The van der Waals surface area contributed by atoms with Crippen LogP contribution in [0.3, 0.4) is 0 Å². The van der Waals surface area contributed by atoms with Gasteiger partial charge in [-0.15, -0.1) is 0 Å². The molecular formula is C16H28O2. The summed E-state index contributed by atoms with van der Waals surface area (Å²) in [6.07, 6.45) is 9.26. The molecular weight excluding hydrogens is 224 g/mol. The lowest BCUT2D eigenvalue weighted by Gasteiger charge is -2.37. The van der Waals surface area contributed by atoms with E-state index in [1.165, 1.54) is 12.0 Å². The monoisotopic (exact) mass is 252 g/mol. The maximum absolute atomic E-state index is 10.2. The van der Waals surface area contributed by atoms with Crippen molar-refractivity contribution in [2.75, 3.05) is 7.11 Å². The zero-order valence-corrected chi connectivity index (χ0v) is 12.4. The van der Waals surface area contributed by atoms with Gasteiger partial charge in [0, 0.05) is 7.11 Å². The number of hydrogen-bond acceptors (Lipinski definition) is 2. The van der Waals surface area contributed by atoms with Crippen LogP contribution >= 0.6 is 0 Å². The van der Waals surface area contributed by atoms with Crippen LogP contribution in [0.1, 0.15) is 47.0 Å². The second-order valence-electron chi connectivity index (χ2n) is 6.00. The van der Waals surface area contributed by atoms with E-state index in [0.29, 0.717) is 11.8 Å². The summed E-state index contributed by atoms with van der Waals surface area (Å²) in [5, 5.41) is 10.2. The average Bonchev–Trinajstić information content (AvgIpc) is 2.32. The highest BCUT2D eigenvalue weighted by Crippen LogP contribution is 2.34. The average molecular weight is 252 g/mol. The fourth-order valence-corrected chi connectivity index (χ4v) is 2.47. The molecule has 0 fully saturated rings. The van der Waals surface area contributed by atoms with Gasteiger partial charge in [0.25, 0.3) is 0 Å². The van der Waals surface area contributed by atoms with Gasteiger partial charge < -0.3 is 9.84 Å². The summed E-state index contributed by atoms with van der Waals surface area (Å²) in [5.74, 6) is 1.07. The van der Waals surface area contributed by atoms with E-state index in [-0.39, 0.29) is 0 Å². The van der Waals surface area contributed by atoms with Crippen molar-refractivity contribution in [1.29, 1.82) is 0 Å². The molecule has 4 unspecified atom stereocenters. The maximum Gasteiger partial charge on any atom is 0.109 e. The van der Waals surface area contributed by atoms with Crippen molar-refractivity contribution in [3.05, 3.63) is 23.8 Å². The molecule has 0 spiro atoms. The Morgan fingerprint density at radius 3 is 2.72 bits per heavy atom. The predicted molar refractivity (Wildman–Crippen MR) is 76.5 cm³/mol. The number of aliphatic hydroxyl groups is 1. The third-order valence-corrected chi connectivity index (χ3v) is 4.18. The summed E-state index contributed by atoms with van der Waals surface area (Å²) < 4.78 is 5.39. The van der Waals surface area contributed by atoms with Crippen LogP contribution < -0.4 is 0 Å². The molecule has 0 bridgehead atoms. The van der Waals surface area contributed by atoms with E-state index in [9.17, 15) is 5.11 Å². The van der Waals surface area contributed by atoms with Crippen LogP contribution in [0, 0.1) is 11.8 Å². The van der Waals surface area contributed by atoms with E-state index < -0.39 is 11.7 Å². The Bertz CT molecular complexity index is 315. The van der Waals surface area contributed by atoms with Crippen molar-refractivity contribution < 1.29 is 9.84 Å². The third-order valence-electron chi connectivity index (χ3n) is 4.18. The first-order chi connectivity index (χ1) is 8.39. The quantitative estimate of drug-likeness (QED) is 0.756. The van der Waals surface area contributed by atoms with Crippen LogP contribution in [0.2, 0.25) is 0 Å². The van der Waals surface area contributed by atoms with Gasteiger partial charge in [-0.25, -0.2) is 0 Å². The number of aliphatic hydroxyl groups excluding tert-OH is 1. The Hall–Kier alpha value is -0.600. The Labute approximate surface area is 112 Å². The molecule has 1 aliphatic carbocycles. The van der Waals surface area contributed by atoms with Crippen LogP contribution in [0.4, 0.5) is 0 Å². The third kappa shape index (κ3) is 3.96. The SMILES string of the molecule is COC1(C)C=CC(C(C)CCC=C(C)C)CC1O. The topological polar surface area (TPSA) is 29.5 Å². The Morgan fingerprint density at radius 2 is 2.22 bits per heavy atom. The van der Waals surface area contributed by atoms with Crippen molar-refractivity contribution in [2.24, 2.45) is 11.8 Å². The van der Waals surface area contributed by atoms with E-state index >= 15 is 0 Å². The summed E-state index contributed by atoms with van der Waals surface area (Å²) in [5.41, 5.74) is 0.879. The van der Waals surface area contributed by atoms with E-state index in [1.54, 1.807) is 7.11 Å². The maximum atomic E-state index is 10.2. The highest BCUT2D eigenvalue weighted by molar-refractivity contribution is 5.12. The standard InChI is InChI=1S/C16H28O2/c1-12(2)7-6-8-13(3)14-9-10-16(4,18-5)15(17)11-14/h7,9-10,13-15,17H,6,8,11H2,1-5H3. The molecule has 1 N–H and O–H groups in total. The van der Waals surface area contributed by atoms with Crippen molar-refractivity contribution in [1.82, 2.24) is 0 Å². The normalized spacial score (nSPS) is 33.2. The van der Waals surface area contributed by atoms with Gasteiger partial charge in [-0.3, -0.25) is 0 Å². The molecule has 0 radical (unpaired) electrons. The highest BCUT2D eigenvalue weighted by Gasteiger charge is 2.36. The number of rotatable bonds is 5. The van der Waals surface area contributed by atoms with Gasteiger partial charge in [-0.05, 0) is 51.9 Å². The van der Waals surface area contributed by atoms with Crippen LogP contribution in [-0.4, -0.2) is 23.9 Å². The molecule has 0 aromatic carbocycles. The molecule has 2 nitrogen and oxygen atoms in total. The van der Waals surface area contributed by atoms with E-state index in [0.717, 1.165) is 12.8 Å². The lowest BCUT2D eigenvalue weighted by molar-refractivity contribution is -0.0723. The van der Waals surface area contributed by atoms with Crippen molar-refractivity contribution in [2.45, 2.75) is 58.7 Å². The summed E-state index contributed by atoms with van der Waals surface area (Å²) in [7, 11) is 1.66. The molecule has 4 atom stereocenters. The molecule has 2 heteroatoms. The Kier molecular flexibility index (Phi) is 5.61. The molecule has 0 heterocycles. The minimum atomic E-state index is -0.504. The fraction of sp³-hybridized carbons (Fsp3) is 0.750. The van der Waals surface area contributed by atoms with Gasteiger partial charge in [0.2, 0.25) is 0 Å². The molecule has 0 aromatic rings. The Morgan fingerprint density at radius 1 is 1.56 bits per heavy atom. The van der Waals surface area contributed by atoms with Crippen molar-refractivity contribution in [3.8, 4) is 0 Å². The molecule has 18 heavy (non-hydrogen) atoms. The highest BCUT2D eigenvalue weighted by atomic mass is 16.5. The second-order valence-corrected chi connectivity index (χ2v) is 6.00. The van der Waals surface area contributed by atoms with Crippen molar-refractivity contribution in [3.63, 3.8) is 0 Å². The smallest absolute Gasteiger partial charge is 0.109 e. The molecule has 1 rings (SSSR count). The molecule has 0 amide bonds. The molecule has 0 aromatic heterocycles. The summed E-state index contributed by atoms with van der Waals surface area (Å²) in [6, 6.07) is 0. The zero-order valence-electron chi connectivity index (χ0n) is 12.4. The summed E-state index contributed by atoms with van der Waals surface area (Å²) in [4.78, 5) is 0. The number of hydrogen-bond donors (Lipinski definition) is 1. The van der Waals surface area contributed by atoms with Crippen LogP contribution in [0.15, 0.2) is 23.8 Å². The minimum Gasteiger partial charge on any atom is -0.390 e. The number of methoxy groups -OCH3 is 1. The van der Waals surface area contributed by atoms with E-state index in [4.69, 9.17) is 4.74 Å². The lowest BCUT2D eigenvalue weighted by atomic mass is 9.77. The van der Waals surface area contributed by atoms with Gasteiger partial charge in [-0.1, -0.05) is 30.7 Å². The van der Waals surface area contributed by atoms with Crippen LogP contribution in [-0.2, 0) is 4.74 Å². The summed E-state index contributed by atoms with van der Waals surface area (Å²) >= 11 is 0. The first-order valence-electron chi connectivity index (χ1n) is 6.95. The predicted octanol–water partition coefficient (Wildman–Crippen LogP) is 3.71. The zero-order chi connectivity index (χ0) is 13.8.